The van der Waals surface area contributed by atoms with Gasteiger partial charge in [-0.05, 0) is 29.8 Å². The highest BCUT2D eigenvalue weighted by atomic mass is 35.5. The molecule has 0 atom stereocenters. The first kappa shape index (κ1) is 11.8. The van der Waals surface area contributed by atoms with Gasteiger partial charge in [0, 0.05) is 5.56 Å². The second kappa shape index (κ2) is 4.10. The van der Waals surface area contributed by atoms with Crippen LogP contribution in [0, 0.1) is 5.82 Å². The third kappa shape index (κ3) is 2.62. The largest absolute Gasteiger partial charge is 0.494 e. The zero-order valence-electron chi connectivity index (χ0n) is 7.56. The highest BCUT2D eigenvalue weighted by molar-refractivity contribution is 6.35. The van der Waals surface area contributed by atoms with Crippen LogP contribution in [-0.2, 0) is 0 Å². The first-order chi connectivity index (χ1) is 6.86. The number of hydrogen-bond acceptors (Lipinski definition) is 2. The number of ketones is 1. The lowest BCUT2D eigenvalue weighted by Crippen LogP contribution is -2.21. The quantitative estimate of drug-likeness (QED) is 0.598. The Morgan fingerprint density at radius 2 is 2.07 bits per heavy atom. The Morgan fingerprint density at radius 1 is 1.47 bits per heavy atom. The summed E-state index contributed by atoms with van der Waals surface area (Å²) in [6.45, 7) is 0. The Labute approximate surface area is 88.6 Å². The molecule has 0 amide bonds. The first-order valence-corrected chi connectivity index (χ1v) is 4.19. The summed E-state index contributed by atoms with van der Waals surface area (Å²) >= 11 is 4.54. The summed E-state index contributed by atoms with van der Waals surface area (Å²) in [5.74, 6) is -2.63. The number of carbonyl (C=O) groups is 1. The van der Waals surface area contributed by atoms with Crippen LogP contribution in [0.15, 0.2) is 18.2 Å². The van der Waals surface area contributed by atoms with E-state index >= 15 is 0 Å². The van der Waals surface area contributed by atoms with Crippen molar-refractivity contribution in [3.63, 3.8) is 0 Å². The van der Waals surface area contributed by atoms with Crippen LogP contribution in [0.25, 0.3) is 0 Å². The third-order valence-electron chi connectivity index (χ3n) is 1.67. The predicted octanol–water partition coefficient (Wildman–Crippen LogP) is 2.85. The summed E-state index contributed by atoms with van der Waals surface area (Å²) in [5.41, 5.74) is -0.409. The van der Waals surface area contributed by atoms with Crippen molar-refractivity contribution in [2.75, 3.05) is 7.11 Å². The molecule has 1 aromatic carbocycles. The van der Waals surface area contributed by atoms with Crippen LogP contribution >= 0.6 is 11.6 Å². The monoisotopic (exact) mass is 238 g/mol. The molecule has 1 aromatic rings. The molecule has 0 aliphatic heterocycles. The van der Waals surface area contributed by atoms with Crippen LogP contribution in [0.4, 0.5) is 13.2 Å². The SMILES string of the molecule is COc1cc(C(=O)C(F)(F)Cl)ccc1F. The summed E-state index contributed by atoms with van der Waals surface area (Å²) < 4.78 is 42.2. The number of alkyl halides is 3. The Kier molecular flexibility index (Phi) is 3.24. The molecule has 0 aliphatic carbocycles. The molecule has 0 bridgehead atoms. The van der Waals surface area contributed by atoms with Crippen LogP contribution in [0.1, 0.15) is 10.4 Å². The van der Waals surface area contributed by atoms with E-state index < -0.39 is 22.5 Å². The summed E-state index contributed by atoms with van der Waals surface area (Å²) in [5, 5.41) is -4.00. The molecule has 6 heteroatoms. The van der Waals surface area contributed by atoms with E-state index in [1.54, 1.807) is 0 Å². The van der Waals surface area contributed by atoms with E-state index in [1.165, 1.54) is 0 Å². The zero-order valence-corrected chi connectivity index (χ0v) is 8.32. The Hall–Kier alpha value is -1.23. The maximum Gasteiger partial charge on any atom is 0.384 e. The fraction of sp³-hybridized carbons (Fsp3) is 0.222. The van der Waals surface area contributed by atoms with Gasteiger partial charge >= 0.3 is 5.38 Å². The number of carbonyl (C=O) groups excluding carboxylic acids is 1. The second-order valence-corrected chi connectivity index (χ2v) is 3.15. The minimum absolute atomic E-state index is 0.290. The van der Waals surface area contributed by atoms with Crippen LogP contribution in [0.2, 0.25) is 0 Å². The van der Waals surface area contributed by atoms with Gasteiger partial charge < -0.3 is 4.74 Å². The van der Waals surface area contributed by atoms with Crippen molar-refractivity contribution in [2.24, 2.45) is 0 Å². The molecule has 0 heterocycles. The minimum atomic E-state index is -4.00. The number of benzene rings is 1. The fourth-order valence-corrected chi connectivity index (χ4v) is 1.07. The lowest BCUT2D eigenvalue weighted by atomic mass is 10.1. The van der Waals surface area contributed by atoms with Crippen LogP contribution < -0.4 is 4.74 Å². The molecule has 0 unspecified atom stereocenters. The first-order valence-electron chi connectivity index (χ1n) is 3.81. The molecule has 0 saturated heterocycles. The smallest absolute Gasteiger partial charge is 0.384 e. The standard InChI is InChI=1S/C9H6ClF3O2/c1-15-7-4-5(2-3-6(7)11)8(14)9(10,12)13/h2-4H,1H3. The van der Waals surface area contributed by atoms with Gasteiger partial charge in [0.15, 0.2) is 11.6 Å². The zero-order chi connectivity index (χ0) is 11.6. The molecule has 0 aliphatic rings. The van der Waals surface area contributed by atoms with Crippen molar-refractivity contribution in [1.82, 2.24) is 0 Å². The van der Waals surface area contributed by atoms with Crippen molar-refractivity contribution in [3.05, 3.63) is 29.6 Å². The molecule has 0 fully saturated rings. The van der Waals surface area contributed by atoms with Gasteiger partial charge in [0.25, 0.3) is 0 Å². The average molecular weight is 239 g/mol. The number of halogens is 4. The highest BCUT2D eigenvalue weighted by Gasteiger charge is 2.36. The van der Waals surface area contributed by atoms with Gasteiger partial charge in [-0.15, -0.1) is 0 Å². The molecule has 2 nitrogen and oxygen atoms in total. The number of methoxy groups -OCH3 is 1. The number of rotatable bonds is 3. The van der Waals surface area contributed by atoms with E-state index in [2.05, 4.69) is 16.3 Å². The van der Waals surface area contributed by atoms with Crippen LogP contribution in [0.5, 0.6) is 5.75 Å². The number of ether oxygens (including phenoxy) is 1. The van der Waals surface area contributed by atoms with Crippen LogP contribution in [0.3, 0.4) is 0 Å². The van der Waals surface area contributed by atoms with Crippen molar-refractivity contribution in [3.8, 4) is 5.75 Å². The molecule has 0 N–H and O–H groups in total. The highest BCUT2D eigenvalue weighted by Crippen LogP contribution is 2.27. The Morgan fingerprint density at radius 3 is 2.53 bits per heavy atom. The van der Waals surface area contributed by atoms with E-state index in [0.29, 0.717) is 0 Å². The number of hydrogen-bond donors (Lipinski definition) is 0. The van der Waals surface area contributed by atoms with Crippen molar-refractivity contribution >= 4 is 17.4 Å². The topological polar surface area (TPSA) is 26.3 Å². The van der Waals surface area contributed by atoms with E-state index in [9.17, 15) is 18.0 Å². The molecule has 15 heavy (non-hydrogen) atoms. The van der Waals surface area contributed by atoms with Gasteiger partial charge in [0.1, 0.15) is 0 Å². The lowest BCUT2D eigenvalue weighted by molar-refractivity contribution is 0.0536. The molecule has 0 saturated carbocycles. The molecule has 1 rings (SSSR count). The third-order valence-corrected chi connectivity index (χ3v) is 1.84. The summed E-state index contributed by atoms with van der Waals surface area (Å²) in [6.07, 6.45) is 0. The summed E-state index contributed by atoms with van der Waals surface area (Å²) in [4.78, 5) is 11.0. The van der Waals surface area contributed by atoms with Gasteiger partial charge in [-0.1, -0.05) is 0 Å². The Balaban J connectivity index is 3.12. The lowest BCUT2D eigenvalue weighted by Gasteiger charge is -2.08. The molecular formula is C9H6ClF3O2. The number of Topliss-reactive ketones (excluding diaryl/α,β-unsaturated/α-hetero) is 1. The van der Waals surface area contributed by atoms with Gasteiger partial charge in [-0.25, -0.2) is 4.39 Å². The van der Waals surface area contributed by atoms with Gasteiger partial charge in [-0.2, -0.15) is 8.78 Å². The molecule has 0 spiro atoms. The summed E-state index contributed by atoms with van der Waals surface area (Å²) in [7, 11) is 1.16. The summed E-state index contributed by atoms with van der Waals surface area (Å²) in [6, 6.07) is 2.64. The van der Waals surface area contributed by atoms with Crippen molar-refractivity contribution < 1.29 is 22.7 Å². The molecular weight excluding hydrogens is 233 g/mol. The second-order valence-electron chi connectivity index (χ2n) is 2.68. The maximum absolute atomic E-state index is 12.9. The minimum Gasteiger partial charge on any atom is -0.494 e. The molecule has 82 valence electrons. The van der Waals surface area contributed by atoms with Crippen molar-refractivity contribution in [1.29, 1.82) is 0 Å². The van der Waals surface area contributed by atoms with Crippen LogP contribution in [-0.4, -0.2) is 18.3 Å². The van der Waals surface area contributed by atoms with E-state index in [4.69, 9.17) is 0 Å². The predicted molar refractivity (Wildman–Crippen MR) is 48.1 cm³/mol. The van der Waals surface area contributed by atoms with E-state index in [-0.39, 0.29) is 5.75 Å². The molecule has 0 radical (unpaired) electrons. The molecule has 0 aromatic heterocycles. The van der Waals surface area contributed by atoms with E-state index in [1.807, 2.05) is 0 Å². The maximum atomic E-state index is 12.9. The normalized spacial score (nSPS) is 11.3. The van der Waals surface area contributed by atoms with E-state index in [0.717, 1.165) is 25.3 Å². The van der Waals surface area contributed by atoms with Gasteiger partial charge in [0.05, 0.1) is 7.11 Å². The average Bonchev–Trinajstić information content (AvgIpc) is 2.16. The van der Waals surface area contributed by atoms with Gasteiger partial charge in [0.2, 0.25) is 5.78 Å². The van der Waals surface area contributed by atoms with Crippen molar-refractivity contribution in [2.45, 2.75) is 5.38 Å². The fourth-order valence-electron chi connectivity index (χ4n) is 0.965. The van der Waals surface area contributed by atoms with Gasteiger partial charge in [-0.3, -0.25) is 4.79 Å². The Bertz CT molecular complexity index is 387.